The van der Waals surface area contributed by atoms with Gasteiger partial charge in [-0.3, -0.25) is 14.6 Å². The molecule has 0 aliphatic carbocycles. The number of aryl methyl sites for hydroxylation is 1. The van der Waals surface area contributed by atoms with Crippen molar-refractivity contribution in [3.63, 3.8) is 0 Å². The summed E-state index contributed by atoms with van der Waals surface area (Å²) < 4.78 is 0. The zero-order chi connectivity index (χ0) is 18.5. The van der Waals surface area contributed by atoms with Gasteiger partial charge in [0.2, 0.25) is 5.91 Å². The van der Waals surface area contributed by atoms with Gasteiger partial charge in [-0.05, 0) is 36.8 Å². The first-order valence-electron chi connectivity index (χ1n) is 8.04. The maximum atomic E-state index is 12.4. The SMILES string of the molecule is Cc1nc(-c2cccnc2)[nH]c(=O)c1CC(=O)NCc1ccc(Cl)cc1. The van der Waals surface area contributed by atoms with Gasteiger partial charge in [-0.1, -0.05) is 23.7 Å². The number of hydrogen-bond donors (Lipinski definition) is 2. The minimum atomic E-state index is -0.321. The highest BCUT2D eigenvalue weighted by molar-refractivity contribution is 6.30. The third-order valence-electron chi connectivity index (χ3n) is 3.90. The van der Waals surface area contributed by atoms with E-state index in [0.29, 0.717) is 34.2 Å². The van der Waals surface area contributed by atoms with Crippen molar-refractivity contribution in [3.05, 3.63) is 81.0 Å². The van der Waals surface area contributed by atoms with Crippen molar-refractivity contribution in [2.75, 3.05) is 0 Å². The van der Waals surface area contributed by atoms with Gasteiger partial charge in [0.1, 0.15) is 5.82 Å². The molecular formula is C19H17ClN4O2. The first-order chi connectivity index (χ1) is 12.5. The molecule has 2 heterocycles. The molecule has 0 radical (unpaired) electrons. The zero-order valence-electron chi connectivity index (χ0n) is 14.1. The van der Waals surface area contributed by atoms with Crippen LogP contribution in [0, 0.1) is 6.92 Å². The Balaban J connectivity index is 1.70. The lowest BCUT2D eigenvalue weighted by Gasteiger charge is -2.08. The van der Waals surface area contributed by atoms with Gasteiger partial charge in [0.05, 0.1) is 6.42 Å². The quantitative estimate of drug-likeness (QED) is 0.724. The lowest BCUT2D eigenvalue weighted by atomic mass is 10.1. The average Bonchev–Trinajstić information content (AvgIpc) is 2.65. The van der Waals surface area contributed by atoms with Crippen LogP contribution >= 0.6 is 11.6 Å². The number of rotatable bonds is 5. The van der Waals surface area contributed by atoms with E-state index in [4.69, 9.17) is 11.6 Å². The van der Waals surface area contributed by atoms with E-state index in [0.717, 1.165) is 5.56 Å². The summed E-state index contributed by atoms with van der Waals surface area (Å²) in [7, 11) is 0. The van der Waals surface area contributed by atoms with Gasteiger partial charge in [-0.2, -0.15) is 0 Å². The fourth-order valence-electron chi connectivity index (χ4n) is 2.48. The molecule has 0 atom stereocenters. The molecule has 26 heavy (non-hydrogen) atoms. The molecule has 2 aromatic heterocycles. The summed E-state index contributed by atoms with van der Waals surface area (Å²) in [5.74, 6) is 0.190. The van der Waals surface area contributed by atoms with Crippen LogP contribution in [0.4, 0.5) is 0 Å². The van der Waals surface area contributed by atoms with E-state index < -0.39 is 0 Å². The van der Waals surface area contributed by atoms with Crippen molar-refractivity contribution in [2.45, 2.75) is 19.9 Å². The summed E-state index contributed by atoms with van der Waals surface area (Å²) >= 11 is 5.84. The molecule has 7 heteroatoms. The molecule has 6 nitrogen and oxygen atoms in total. The molecule has 0 saturated carbocycles. The van der Waals surface area contributed by atoms with Gasteiger partial charge in [0.25, 0.3) is 5.56 Å². The number of halogens is 1. The van der Waals surface area contributed by atoms with Crippen molar-refractivity contribution in [3.8, 4) is 11.4 Å². The Morgan fingerprint density at radius 2 is 2.00 bits per heavy atom. The van der Waals surface area contributed by atoms with Crippen LogP contribution in [0.5, 0.6) is 0 Å². The van der Waals surface area contributed by atoms with Crippen LogP contribution in [0.1, 0.15) is 16.8 Å². The third-order valence-corrected chi connectivity index (χ3v) is 4.15. The number of aromatic amines is 1. The third kappa shape index (κ3) is 4.34. The number of benzene rings is 1. The highest BCUT2D eigenvalue weighted by Crippen LogP contribution is 2.13. The number of nitrogens with zero attached hydrogens (tertiary/aromatic N) is 2. The molecule has 3 rings (SSSR count). The number of pyridine rings is 1. The molecule has 2 N–H and O–H groups in total. The van der Waals surface area contributed by atoms with Gasteiger partial charge in [-0.25, -0.2) is 4.98 Å². The maximum absolute atomic E-state index is 12.4. The van der Waals surface area contributed by atoms with E-state index in [-0.39, 0.29) is 17.9 Å². The van der Waals surface area contributed by atoms with Crippen molar-refractivity contribution in [2.24, 2.45) is 0 Å². The van der Waals surface area contributed by atoms with Crippen LogP contribution in [0.25, 0.3) is 11.4 Å². The van der Waals surface area contributed by atoms with Gasteiger partial charge in [0.15, 0.2) is 0 Å². The van der Waals surface area contributed by atoms with Gasteiger partial charge in [0, 0.05) is 40.8 Å². The number of amides is 1. The van der Waals surface area contributed by atoms with Crippen LogP contribution in [0.3, 0.4) is 0 Å². The Morgan fingerprint density at radius 3 is 2.65 bits per heavy atom. The van der Waals surface area contributed by atoms with Gasteiger partial charge in [-0.15, -0.1) is 0 Å². The standard InChI is InChI=1S/C19H17ClN4O2/c1-12-16(9-17(25)22-10-13-4-6-15(20)7-5-13)19(26)24-18(23-12)14-3-2-8-21-11-14/h2-8,11H,9-10H2,1H3,(H,22,25)(H,23,24,26). The minimum Gasteiger partial charge on any atom is -0.352 e. The first-order valence-corrected chi connectivity index (χ1v) is 8.42. The van der Waals surface area contributed by atoms with Crippen molar-refractivity contribution in [1.82, 2.24) is 20.3 Å². The molecule has 0 unspecified atom stereocenters. The minimum absolute atomic E-state index is 0.0327. The van der Waals surface area contributed by atoms with Crippen molar-refractivity contribution < 1.29 is 4.79 Å². The lowest BCUT2D eigenvalue weighted by molar-refractivity contribution is -0.120. The Labute approximate surface area is 155 Å². The highest BCUT2D eigenvalue weighted by Gasteiger charge is 2.13. The molecule has 0 aliphatic rings. The molecule has 0 spiro atoms. The molecule has 3 aromatic rings. The summed E-state index contributed by atoms with van der Waals surface area (Å²) in [6.07, 6.45) is 3.24. The van der Waals surface area contributed by atoms with Crippen LogP contribution in [0.2, 0.25) is 5.02 Å². The Bertz CT molecular complexity index is 969. The van der Waals surface area contributed by atoms with Crippen LogP contribution in [-0.4, -0.2) is 20.9 Å². The number of aromatic nitrogens is 3. The summed E-state index contributed by atoms with van der Waals surface area (Å²) in [4.78, 5) is 35.7. The number of carbonyl (C=O) groups is 1. The second kappa shape index (κ2) is 7.93. The largest absolute Gasteiger partial charge is 0.352 e. The molecule has 132 valence electrons. The molecule has 1 aromatic carbocycles. The maximum Gasteiger partial charge on any atom is 0.255 e. The van der Waals surface area contributed by atoms with Gasteiger partial charge >= 0.3 is 0 Å². The van der Waals surface area contributed by atoms with Crippen LogP contribution in [0.15, 0.2) is 53.6 Å². The molecule has 0 aliphatic heterocycles. The normalized spacial score (nSPS) is 10.5. The Kier molecular flexibility index (Phi) is 5.43. The molecular weight excluding hydrogens is 352 g/mol. The summed E-state index contributed by atoms with van der Waals surface area (Å²) in [6.45, 7) is 2.09. The molecule has 0 fully saturated rings. The second-order valence-corrected chi connectivity index (χ2v) is 6.24. The van der Waals surface area contributed by atoms with Crippen molar-refractivity contribution in [1.29, 1.82) is 0 Å². The number of nitrogens with one attached hydrogen (secondary N) is 2. The van der Waals surface area contributed by atoms with E-state index >= 15 is 0 Å². The van der Waals surface area contributed by atoms with E-state index in [1.165, 1.54) is 0 Å². The molecule has 1 amide bonds. The predicted molar refractivity (Wildman–Crippen MR) is 99.8 cm³/mol. The highest BCUT2D eigenvalue weighted by atomic mass is 35.5. The average molecular weight is 369 g/mol. The molecule has 0 bridgehead atoms. The number of H-pyrrole nitrogens is 1. The van der Waals surface area contributed by atoms with E-state index in [9.17, 15) is 9.59 Å². The van der Waals surface area contributed by atoms with Gasteiger partial charge < -0.3 is 10.3 Å². The topological polar surface area (TPSA) is 87.7 Å². The van der Waals surface area contributed by atoms with Crippen molar-refractivity contribution >= 4 is 17.5 Å². The smallest absolute Gasteiger partial charge is 0.255 e. The second-order valence-electron chi connectivity index (χ2n) is 5.80. The van der Waals surface area contributed by atoms with Crippen LogP contribution in [-0.2, 0) is 17.8 Å². The lowest BCUT2D eigenvalue weighted by Crippen LogP contribution is -2.28. The predicted octanol–water partition coefficient (Wildman–Crippen LogP) is 2.65. The summed E-state index contributed by atoms with van der Waals surface area (Å²) in [6, 6.07) is 10.8. The van der Waals surface area contributed by atoms with Crippen LogP contribution < -0.4 is 10.9 Å². The Hall–Kier alpha value is -2.99. The first kappa shape index (κ1) is 17.8. The zero-order valence-corrected chi connectivity index (χ0v) is 14.9. The fraction of sp³-hybridized carbons (Fsp3) is 0.158. The van der Waals surface area contributed by atoms with E-state index in [2.05, 4.69) is 20.3 Å². The fourth-order valence-corrected chi connectivity index (χ4v) is 2.61. The monoisotopic (exact) mass is 368 g/mol. The van der Waals surface area contributed by atoms with E-state index in [1.807, 2.05) is 18.2 Å². The molecule has 0 saturated heterocycles. The Morgan fingerprint density at radius 1 is 1.23 bits per heavy atom. The number of carbonyl (C=O) groups excluding carboxylic acids is 1. The van der Waals surface area contributed by atoms with E-state index in [1.54, 1.807) is 37.5 Å². The summed E-state index contributed by atoms with van der Waals surface area (Å²) in [5, 5.41) is 3.44. The summed E-state index contributed by atoms with van der Waals surface area (Å²) in [5.41, 5.74) is 2.20. The number of hydrogen-bond acceptors (Lipinski definition) is 4.